The van der Waals surface area contributed by atoms with Crippen molar-refractivity contribution in [3.63, 3.8) is 0 Å². The van der Waals surface area contributed by atoms with Gasteiger partial charge in [-0.1, -0.05) is 13.8 Å². The van der Waals surface area contributed by atoms with E-state index in [0.717, 1.165) is 6.42 Å². The molecular formula is C21H41N3O7. The smallest absolute Gasteiger partial charge is 0.246 e. The summed E-state index contributed by atoms with van der Waals surface area (Å²) in [6.45, 7) is 12.5. The van der Waals surface area contributed by atoms with Gasteiger partial charge in [0, 0.05) is 25.6 Å². The fraction of sp³-hybridized carbons (Fsp3) is 0.857. The Kier molecular flexibility index (Phi) is 16.9. The van der Waals surface area contributed by atoms with Crippen LogP contribution in [-0.4, -0.2) is 89.2 Å². The van der Waals surface area contributed by atoms with Crippen molar-refractivity contribution >= 4 is 17.7 Å². The van der Waals surface area contributed by atoms with Gasteiger partial charge in [-0.15, -0.1) is 0 Å². The van der Waals surface area contributed by atoms with Crippen LogP contribution in [0.3, 0.4) is 0 Å². The first-order valence-corrected chi connectivity index (χ1v) is 10.8. The number of hydrogen-bond donors (Lipinski definition) is 3. The van der Waals surface area contributed by atoms with Crippen molar-refractivity contribution in [3.8, 4) is 0 Å². The summed E-state index contributed by atoms with van der Waals surface area (Å²) in [7, 11) is 0. The average Bonchev–Trinajstić information content (AvgIpc) is 2.64. The number of nitrogens with one attached hydrogen (secondary N) is 3. The number of rotatable bonds is 19. The molecule has 0 bridgehead atoms. The highest BCUT2D eigenvalue weighted by Crippen LogP contribution is 2.15. The Morgan fingerprint density at radius 3 is 1.74 bits per heavy atom. The molecule has 0 heterocycles. The SMILES string of the molecule is CC(=O)NCCOCCOCC(=O)NCCOCCOCC(=O)NC(C)(C)CC(C)C. The summed E-state index contributed by atoms with van der Waals surface area (Å²) < 4.78 is 21.1. The predicted octanol–water partition coefficient (Wildman–Crippen LogP) is 0.246. The third-order valence-corrected chi connectivity index (χ3v) is 3.80. The number of carbonyl (C=O) groups is 3. The van der Waals surface area contributed by atoms with E-state index >= 15 is 0 Å². The molecule has 0 rings (SSSR count). The molecule has 0 atom stereocenters. The third-order valence-electron chi connectivity index (χ3n) is 3.80. The molecule has 182 valence electrons. The Bertz CT molecular complexity index is 513. The molecule has 0 aliphatic rings. The lowest BCUT2D eigenvalue weighted by atomic mass is 9.93. The van der Waals surface area contributed by atoms with Crippen molar-refractivity contribution in [2.75, 3.05) is 65.9 Å². The monoisotopic (exact) mass is 447 g/mol. The highest BCUT2D eigenvalue weighted by molar-refractivity contribution is 5.78. The standard InChI is InChI=1S/C21H41N3O7/c1-17(2)14-21(4,5)24-20(27)16-31-13-11-29-9-7-23-19(26)15-30-12-10-28-8-6-22-18(3)25/h17H,6-16H2,1-5H3,(H,22,25)(H,23,26)(H,24,27). The number of hydrogen-bond acceptors (Lipinski definition) is 7. The Morgan fingerprint density at radius 1 is 0.742 bits per heavy atom. The van der Waals surface area contributed by atoms with Gasteiger partial charge in [0.15, 0.2) is 0 Å². The van der Waals surface area contributed by atoms with Crippen molar-refractivity contribution in [1.82, 2.24) is 16.0 Å². The average molecular weight is 448 g/mol. The van der Waals surface area contributed by atoms with Gasteiger partial charge in [0.05, 0.1) is 39.6 Å². The normalized spacial score (nSPS) is 11.4. The summed E-state index contributed by atoms with van der Waals surface area (Å²) in [5, 5.41) is 8.25. The van der Waals surface area contributed by atoms with Gasteiger partial charge < -0.3 is 34.9 Å². The predicted molar refractivity (Wildman–Crippen MR) is 117 cm³/mol. The Hall–Kier alpha value is -1.75. The fourth-order valence-corrected chi connectivity index (χ4v) is 2.87. The van der Waals surface area contributed by atoms with E-state index in [4.69, 9.17) is 18.9 Å². The van der Waals surface area contributed by atoms with Gasteiger partial charge in [0.2, 0.25) is 17.7 Å². The van der Waals surface area contributed by atoms with E-state index in [0.29, 0.717) is 58.6 Å². The maximum absolute atomic E-state index is 11.9. The molecule has 31 heavy (non-hydrogen) atoms. The van der Waals surface area contributed by atoms with Gasteiger partial charge in [0.1, 0.15) is 13.2 Å². The zero-order valence-electron chi connectivity index (χ0n) is 19.7. The summed E-state index contributed by atoms with van der Waals surface area (Å²) in [5.74, 6) is 0.0182. The summed E-state index contributed by atoms with van der Waals surface area (Å²) in [5.41, 5.74) is -0.256. The first-order chi connectivity index (χ1) is 14.6. The second-order valence-corrected chi connectivity index (χ2v) is 8.19. The van der Waals surface area contributed by atoms with E-state index in [-0.39, 0.29) is 36.5 Å². The molecule has 0 spiro atoms. The first-order valence-electron chi connectivity index (χ1n) is 10.8. The van der Waals surface area contributed by atoms with Crippen LogP contribution in [0.4, 0.5) is 0 Å². The van der Waals surface area contributed by atoms with Crippen molar-refractivity contribution in [2.24, 2.45) is 5.92 Å². The third kappa shape index (κ3) is 21.3. The zero-order valence-corrected chi connectivity index (χ0v) is 19.7. The molecule has 0 saturated heterocycles. The molecule has 0 aliphatic heterocycles. The van der Waals surface area contributed by atoms with Crippen LogP contribution in [0.1, 0.15) is 41.0 Å². The molecule has 3 amide bonds. The van der Waals surface area contributed by atoms with Crippen LogP contribution in [0.5, 0.6) is 0 Å². The van der Waals surface area contributed by atoms with E-state index in [2.05, 4.69) is 29.8 Å². The van der Waals surface area contributed by atoms with E-state index in [1.54, 1.807) is 0 Å². The van der Waals surface area contributed by atoms with Crippen molar-refractivity contribution in [1.29, 1.82) is 0 Å². The Balaban J connectivity index is 3.45. The molecule has 0 saturated carbocycles. The van der Waals surface area contributed by atoms with Gasteiger partial charge in [-0.3, -0.25) is 14.4 Å². The first kappa shape index (κ1) is 29.2. The second-order valence-electron chi connectivity index (χ2n) is 8.19. The molecule has 0 unspecified atom stereocenters. The maximum Gasteiger partial charge on any atom is 0.246 e. The molecule has 10 heteroatoms. The second kappa shape index (κ2) is 17.9. The number of carbonyl (C=O) groups excluding carboxylic acids is 3. The van der Waals surface area contributed by atoms with Crippen LogP contribution in [0.25, 0.3) is 0 Å². The lowest BCUT2D eigenvalue weighted by Crippen LogP contribution is -2.45. The van der Waals surface area contributed by atoms with Gasteiger partial charge in [-0.2, -0.15) is 0 Å². The lowest BCUT2D eigenvalue weighted by Gasteiger charge is -2.28. The van der Waals surface area contributed by atoms with Gasteiger partial charge >= 0.3 is 0 Å². The fourth-order valence-electron chi connectivity index (χ4n) is 2.87. The minimum Gasteiger partial charge on any atom is -0.377 e. The molecule has 0 aromatic heterocycles. The van der Waals surface area contributed by atoms with Crippen LogP contribution in [0.2, 0.25) is 0 Å². The quantitative estimate of drug-likeness (QED) is 0.242. The highest BCUT2D eigenvalue weighted by Gasteiger charge is 2.21. The van der Waals surface area contributed by atoms with Gasteiger partial charge in [0.25, 0.3) is 0 Å². The molecule has 0 aromatic rings. The molecule has 0 fully saturated rings. The lowest BCUT2D eigenvalue weighted by molar-refractivity contribution is -0.128. The minimum absolute atomic E-state index is 0.00405. The molecule has 0 radical (unpaired) electrons. The molecule has 10 nitrogen and oxygen atoms in total. The van der Waals surface area contributed by atoms with Crippen molar-refractivity contribution in [2.45, 2.75) is 46.6 Å². The summed E-state index contributed by atoms with van der Waals surface area (Å²) >= 11 is 0. The van der Waals surface area contributed by atoms with E-state index in [1.807, 2.05) is 13.8 Å². The van der Waals surface area contributed by atoms with E-state index < -0.39 is 0 Å². The summed E-state index contributed by atoms with van der Waals surface area (Å²) in [6, 6.07) is 0. The Labute approximate surface area is 186 Å². The van der Waals surface area contributed by atoms with Crippen LogP contribution < -0.4 is 16.0 Å². The molecular weight excluding hydrogens is 406 g/mol. The molecule has 0 aliphatic carbocycles. The molecule has 3 N–H and O–H groups in total. The topological polar surface area (TPSA) is 124 Å². The van der Waals surface area contributed by atoms with Crippen molar-refractivity contribution < 1.29 is 33.3 Å². The van der Waals surface area contributed by atoms with E-state index in [9.17, 15) is 14.4 Å². The summed E-state index contributed by atoms with van der Waals surface area (Å²) in [4.78, 5) is 34.1. The minimum atomic E-state index is -0.256. The van der Waals surface area contributed by atoms with Gasteiger partial charge in [-0.25, -0.2) is 0 Å². The summed E-state index contributed by atoms with van der Waals surface area (Å²) in [6.07, 6.45) is 0.895. The van der Waals surface area contributed by atoms with E-state index in [1.165, 1.54) is 6.92 Å². The van der Waals surface area contributed by atoms with Crippen LogP contribution in [-0.2, 0) is 33.3 Å². The zero-order chi connectivity index (χ0) is 23.5. The van der Waals surface area contributed by atoms with Crippen molar-refractivity contribution in [3.05, 3.63) is 0 Å². The number of amides is 3. The maximum atomic E-state index is 11.9. The highest BCUT2D eigenvalue weighted by atomic mass is 16.5. The largest absolute Gasteiger partial charge is 0.377 e. The van der Waals surface area contributed by atoms with Gasteiger partial charge in [-0.05, 0) is 26.2 Å². The number of ether oxygens (including phenoxy) is 4. The molecule has 0 aromatic carbocycles. The Morgan fingerprint density at radius 2 is 1.23 bits per heavy atom. The van der Waals surface area contributed by atoms with Crippen LogP contribution in [0, 0.1) is 5.92 Å². The van der Waals surface area contributed by atoms with Crippen LogP contribution >= 0.6 is 0 Å². The van der Waals surface area contributed by atoms with Crippen LogP contribution in [0.15, 0.2) is 0 Å².